The third-order valence-corrected chi connectivity index (χ3v) is 13.8. The lowest BCUT2D eigenvalue weighted by Crippen LogP contribution is -2.33. The zero-order valence-electron chi connectivity index (χ0n) is 31.1. The van der Waals surface area contributed by atoms with Gasteiger partial charge >= 0.3 is 15.2 Å². The van der Waals surface area contributed by atoms with Crippen molar-refractivity contribution in [2.24, 2.45) is 0 Å². The summed E-state index contributed by atoms with van der Waals surface area (Å²) in [6, 6.07) is 0.272. The summed E-state index contributed by atoms with van der Waals surface area (Å²) in [6.07, 6.45) is 3.25. The van der Waals surface area contributed by atoms with Crippen molar-refractivity contribution in [1.82, 2.24) is 19.6 Å². The van der Waals surface area contributed by atoms with Gasteiger partial charge in [0.15, 0.2) is 23.2 Å². The molecule has 2 aliphatic heterocycles. The molecule has 1 saturated carbocycles. The fourth-order valence-electron chi connectivity index (χ4n) is 6.39. The molecule has 5 rings (SSSR count). The van der Waals surface area contributed by atoms with Gasteiger partial charge in [-0.15, -0.1) is 5.10 Å². The van der Waals surface area contributed by atoms with Crippen molar-refractivity contribution < 1.29 is 50.9 Å². The number of nitrogens with one attached hydrogen (secondary N) is 1. The minimum Gasteiger partial charge on any atom is -0.382 e. The van der Waals surface area contributed by atoms with Crippen molar-refractivity contribution in [3.05, 3.63) is 17.2 Å². The Balaban J connectivity index is 1.39. The van der Waals surface area contributed by atoms with Crippen LogP contribution in [0.15, 0.2) is 6.20 Å². The molecule has 2 aromatic heterocycles. The Morgan fingerprint density at radius 2 is 1.61 bits per heavy atom. The maximum Gasteiger partial charge on any atom is 0.343 e. The molecule has 4 heterocycles. The molecule has 2 saturated heterocycles. The molecular formula is C32H54ClN5O11P2. The summed E-state index contributed by atoms with van der Waals surface area (Å²) in [7, 11) is -6.71. The lowest BCUT2D eigenvalue weighted by atomic mass is 10.1. The zero-order chi connectivity index (χ0) is 37.2. The minimum absolute atomic E-state index is 0.0456. The molecular weight excluding hydrogens is 728 g/mol. The molecule has 1 aliphatic carbocycles. The fourth-order valence-corrected chi connectivity index (χ4v) is 11.9. The molecule has 0 radical (unpaired) electrons. The summed E-state index contributed by atoms with van der Waals surface area (Å²) < 4.78 is 83.9. The first-order chi connectivity index (χ1) is 23.8. The number of anilines is 1. The first-order valence-electron chi connectivity index (χ1n) is 17.4. The van der Waals surface area contributed by atoms with Crippen molar-refractivity contribution in [2.75, 3.05) is 51.4 Å². The predicted molar refractivity (Wildman–Crippen MR) is 189 cm³/mol. The average Bonchev–Trinajstić information content (AvgIpc) is 3.76. The third kappa shape index (κ3) is 11.1. The number of rotatable bonds is 17. The first kappa shape index (κ1) is 40.9. The van der Waals surface area contributed by atoms with Crippen LogP contribution in [0.2, 0.25) is 5.28 Å². The summed E-state index contributed by atoms with van der Waals surface area (Å²) >= 11 is 6.41. The second-order valence-electron chi connectivity index (χ2n) is 15.4. The summed E-state index contributed by atoms with van der Waals surface area (Å²) in [5.41, 5.74) is -0.718. The largest absolute Gasteiger partial charge is 0.382 e. The molecule has 19 heteroatoms. The monoisotopic (exact) mass is 781 g/mol. The van der Waals surface area contributed by atoms with E-state index in [1.807, 2.05) is 0 Å². The highest BCUT2D eigenvalue weighted by Crippen LogP contribution is 2.66. The van der Waals surface area contributed by atoms with Gasteiger partial charge in [-0.3, -0.25) is 9.13 Å². The smallest absolute Gasteiger partial charge is 0.343 e. The maximum atomic E-state index is 14.5. The van der Waals surface area contributed by atoms with Crippen molar-refractivity contribution in [1.29, 1.82) is 0 Å². The Bertz CT molecular complexity index is 1560. The van der Waals surface area contributed by atoms with Crippen LogP contribution >= 0.6 is 26.8 Å². The second kappa shape index (κ2) is 16.2. The molecule has 1 N–H and O–H groups in total. The van der Waals surface area contributed by atoms with Crippen molar-refractivity contribution in [2.45, 2.75) is 129 Å². The van der Waals surface area contributed by atoms with Crippen LogP contribution in [0.3, 0.4) is 0 Å². The van der Waals surface area contributed by atoms with E-state index in [9.17, 15) is 9.13 Å². The van der Waals surface area contributed by atoms with E-state index < -0.39 is 62.5 Å². The van der Waals surface area contributed by atoms with Crippen LogP contribution in [0.1, 0.15) is 92.9 Å². The van der Waals surface area contributed by atoms with E-state index in [4.69, 9.17) is 53.4 Å². The van der Waals surface area contributed by atoms with E-state index in [1.165, 1.54) is 0 Å². The third-order valence-electron chi connectivity index (χ3n) is 8.06. The van der Waals surface area contributed by atoms with E-state index in [-0.39, 0.29) is 31.1 Å². The Morgan fingerprint density at radius 3 is 2.25 bits per heavy atom. The van der Waals surface area contributed by atoms with Crippen molar-refractivity contribution >= 4 is 38.3 Å². The second-order valence-corrected chi connectivity index (χ2v) is 20.2. The summed E-state index contributed by atoms with van der Waals surface area (Å²) in [5.74, 6) is -1.07. The van der Waals surface area contributed by atoms with Crippen molar-refractivity contribution in [3.8, 4) is 0 Å². The van der Waals surface area contributed by atoms with Gasteiger partial charge < -0.3 is 47.1 Å². The van der Waals surface area contributed by atoms with Crippen LogP contribution in [0.4, 0.5) is 5.82 Å². The highest BCUT2D eigenvalue weighted by molar-refractivity contribution is 7.71. The van der Waals surface area contributed by atoms with E-state index in [2.05, 4.69) is 20.4 Å². The van der Waals surface area contributed by atoms with Gasteiger partial charge in [-0.2, -0.15) is 4.98 Å². The Hall–Kier alpha value is -1.26. The molecule has 0 bridgehead atoms. The number of fused-ring (bicyclic) bond motifs is 2. The molecule has 51 heavy (non-hydrogen) atoms. The van der Waals surface area contributed by atoms with Gasteiger partial charge in [-0.1, -0.05) is 12.8 Å². The SMILES string of the molecule is COCCOCCOP(=O)(CP(=O)(OC(C)(C)C)OC(C)(C)C)OC[C@H]1O[C@@H](c2cnc3c(NC4CCCC4)nc(Cl)nn23)[C@@H]2OC(C)(C)O[C@@H]21. The van der Waals surface area contributed by atoms with Gasteiger partial charge in [0, 0.05) is 13.2 Å². The number of ether oxygens (including phenoxy) is 5. The van der Waals surface area contributed by atoms with E-state index in [0.29, 0.717) is 30.4 Å². The molecule has 5 atom stereocenters. The lowest BCUT2D eigenvalue weighted by Gasteiger charge is -2.33. The highest BCUT2D eigenvalue weighted by Gasteiger charge is 2.57. The molecule has 3 aliphatic rings. The number of hydrogen-bond donors (Lipinski definition) is 1. The van der Waals surface area contributed by atoms with E-state index in [0.717, 1.165) is 25.7 Å². The summed E-state index contributed by atoms with van der Waals surface area (Å²) in [5, 5.41) is 7.97. The number of aromatic nitrogens is 4. The van der Waals surface area contributed by atoms with Gasteiger partial charge in [0.25, 0.3) is 0 Å². The fraction of sp³-hybridized carbons (Fsp3) is 0.844. The molecule has 0 spiro atoms. The normalized spacial score (nSPS) is 25.5. The summed E-state index contributed by atoms with van der Waals surface area (Å²) in [6.45, 7) is 14.4. The number of nitrogens with zero attached hydrogens (tertiary/aromatic N) is 4. The molecule has 1 unspecified atom stereocenters. The van der Waals surface area contributed by atoms with Crippen LogP contribution < -0.4 is 5.32 Å². The van der Waals surface area contributed by atoms with Gasteiger partial charge in [-0.25, -0.2) is 9.50 Å². The van der Waals surface area contributed by atoms with Gasteiger partial charge in [0.05, 0.1) is 56.1 Å². The minimum atomic E-state index is -4.20. The average molecular weight is 782 g/mol. The van der Waals surface area contributed by atoms with Crippen LogP contribution in [-0.4, -0.2) is 107 Å². The quantitative estimate of drug-likeness (QED) is 0.132. The molecule has 16 nitrogen and oxygen atoms in total. The molecule has 0 aromatic carbocycles. The van der Waals surface area contributed by atoms with Crippen LogP contribution in [-0.2, 0) is 50.9 Å². The Morgan fingerprint density at radius 1 is 0.961 bits per heavy atom. The Labute approximate surface area is 305 Å². The number of halogens is 1. The topological polar surface area (TPSA) is 172 Å². The van der Waals surface area contributed by atoms with Gasteiger partial charge in [0.1, 0.15) is 24.4 Å². The predicted octanol–water partition coefficient (Wildman–Crippen LogP) is 6.76. The Kier molecular flexibility index (Phi) is 13.0. The summed E-state index contributed by atoms with van der Waals surface area (Å²) in [4.78, 5) is 9.06. The van der Waals surface area contributed by atoms with E-state index in [1.54, 1.807) is 73.2 Å². The number of hydrogen-bond acceptors (Lipinski definition) is 15. The molecule has 290 valence electrons. The number of imidazole rings is 1. The first-order valence-corrected chi connectivity index (χ1v) is 21.3. The molecule has 0 amide bonds. The zero-order valence-corrected chi connectivity index (χ0v) is 33.6. The standard InChI is InChI=1S/C32H54ClN5O11P2/c1-30(2,3)48-51(40,49-31(4,5)6)20-50(39,43-17-16-42-15-14-41-9)44-19-23-25-26(47-32(7,8)46-25)24(45-23)22-18-34-28-27(35-21-12-10-11-13-21)36-29(33)37-38(22)28/h18,21,23-26H,10-17,19-20H2,1-9H3,(H,35,36,37)/t23-,24+,25-,26+,50?/m1/s1. The number of methoxy groups -OCH3 is 1. The van der Waals surface area contributed by atoms with Crippen LogP contribution in [0, 0.1) is 0 Å². The lowest BCUT2D eigenvalue weighted by molar-refractivity contribution is -0.191. The highest BCUT2D eigenvalue weighted by atomic mass is 35.5. The maximum absolute atomic E-state index is 14.5. The molecule has 3 fully saturated rings. The van der Waals surface area contributed by atoms with Crippen LogP contribution in [0.25, 0.3) is 5.65 Å². The van der Waals surface area contributed by atoms with Crippen molar-refractivity contribution in [3.63, 3.8) is 0 Å². The van der Waals surface area contributed by atoms with E-state index >= 15 is 0 Å². The van der Waals surface area contributed by atoms with Crippen LogP contribution in [0.5, 0.6) is 0 Å². The van der Waals surface area contributed by atoms with Gasteiger partial charge in [-0.05, 0) is 79.8 Å². The van der Waals surface area contributed by atoms with Gasteiger partial charge in [0.2, 0.25) is 5.28 Å². The molecule has 2 aromatic rings.